The maximum Gasteiger partial charge on any atom is 0.330 e. The second-order valence-electron chi connectivity index (χ2n) is 5.80. The Bertz CT molecular complexity index is 626. The molecule has 0 radical (unpaired) electrons. The van der Waals surface area contributed by atoms with Crippen molar-refractivity contribution in [2.75, 3.05) is 13.7 Å². The quantitative estimate of drug-likeness (QED) is 0.437. The summed E-state index contributed by atoms with van der Waals surface area (Å²) in [5.74, 6) is 0.607. The molecule has 0 bridgehead atoms. The number of methoxy groups -OCH3 is 1. The third-order valence-electron chi connectivity index (χ3n) is 3.34. The van der Waals surface area contributed by atoms with Crippen molar-refractivity contribution in [1.29, 1.82) is 0 Å². The van der Waals surface area contributed by atoms with Crippen LogP contribution in [0.25, 0.3) is 0 Å². The lowest BCUT2D eigenvalue weighted by atomic mass is 10.1. The predicted octanol–water partition coefficient (Wildman–Crippen LogP) is 4.61. The summed E-state index contributed by atoms with van der Waals surface area (Å²) < 4.78 is 10.5. The van der Waals surface area contributed by atoms with E-state index in [4.69, 9.17) is 4.74 Å². The van der Waals surface area contributed by atoms with Gasteiger partial charge in [-0.2, -0.15) is 0 Å². The highest BCUT2D eigenvalue weighted by molar-refractivity contribution is 5.83. The van der Waals surface area contributed by atoms with Crippen molar-refractivity contribution in [3.63, 3.8) is 0 Å². The molecule has 1 aromatic rings. The van der Waals surface area contributed by atoms with Crippen LogP contribution in [-0.4, -0.2) is 19.7 Å². The van der Waals surface area contributed by atoms with Gasteiger partial charge in [0.1, 0.15) is 12.4 Å². The fraction of sp³-hybridized carbons (Fsp3) is 0.350. The summed E-state index contributed by atoms with van der Waals surface area (Å²) in [6.45, 7) is 10.6. The van der Waals surface area contributed by atoms with Crippen molar-refractivity contribution in [3.05, 3.63) is 64.3 Å². The van der Waals surface area contributed by atoms with E-state index in [2.05, 4.69) is 37.6 Å². The topological polar surface area (TPSA) is 35.5 Å². The van der Waals surface area contributed by atoms with Crippen molar-refractivity contribution in [3.8, 4) is 5.75 Å². The van der Waals surface area contributed by atoms with Crippen LogP contribution in [0.1, 0.15) is 30.5 Å². The Morgan fingerprint density at radius 2 is 1.74 bits per heavy atom. The number of allylic oxidation sites excluding steroid dienone is 4. The van der Waals surface area contributed by atoms with Crippen LogP contribution in [0.15, 0.2) is 47.6 Å². The molecular formula is C20H26O3. The number of ether oxygens (including phenoxy) is 2. The van der Waals surface area contributed by atoms with Gasteiger partial charge in [0.25, 0.3) is 0 Å². The summed E-state index contributed by atoms with van der Waals surface area (Å²) in [6, 6.07) is 4.25. The van der Waals surface area contributed by atoms with E-state index in [0.29, 0.717) is 6.61 Å². The Morgan fingerprint density at radius 3 is 2.30 bits per heavy atom. The van der Waals surface area contributed by atoms with Crippen LogP contribution in [0.3, 0.4) is 0 Å². The van der Waals surface area contributed by atoms with Gasteiger partial charge in [-0.15, -0.1) is 0 Å². The molecule has 3 heteroatoms. The predicted molar refractivity (Wildman–Crippen MR) is 94.8 cm³/mol. The van der Waals surface area contributed by atoms with Gasteiger partial charge < -0.3 is 9.47 Å². The van der Waals surface area contributed by atoms with E-state index >= 15 is 0 Å². The molecule has 0 aromatic heterocycles. The molecule has 0 N–H and O–H groups in total. The van der Waals surface area contributed by atoms with Crippen molar-refractivity contribution >= 4 is 5.97 Å². The average molecular weight is 314 g/mol. The molecule has 0 atom stereocenters. The fourth-order valence-electron chi connectivity index (χ4n) is 2.29. The van der Waals surface area contributed by atoms with Gasteiger partial charge in [0.05, 0.1) is 7.11 Å². The largest absolute Gasteiger partial charge is 0.489 e. The van der Waals surface area contributed by atoms with Gasteiger partial charge in [-0.1, -0.05) is 35.9 Å². The molecule has 0 saturated heterocycles. The van der Waals surface area contributed by atoms with Gasteiger partial charge in [0.2, 0.25) is 0 Å². The van der Waals surface area contributed by atoms with Gasteiger partial charge in [-0.3, -0.25) is 0 Å². The molecule has 1 aromatic carbocycles. The van der Waals surface area contributed by atoms with Gasteiger partial charge in [-0.05, 0) is 56.9 Å². The van der Waals surface area contributed by atoms with E-state index in [1.165, 1.54) is 18.7 Å². The fourth-order valence-corrected chi connectivity index (χ4v) is 2.29. The lowest BCUT2D eigenvalue weighted by Gasteiger charge is -2.13. The molecule has 0 fully saturated rings. The summed E-state index contributed by atoms with van der Waals surface area (Å²) in [5.41, 5.74) is 5.50. The van der Waals surface area contributed by atoms with E-state index in [9.17, 15) is 4.79 Å². The number of benzene rings is 1. The first-order chi connectivity index (χ1) is 10.8. The van der Waals surface area contributed by atoms with Crippen molar-refractivity contribution in [1.82, 2.24) is 0 Å². The Kier molecular flexibility index (Phi) is 7.33. The summed E-state index contributed by atoms with van der Waals surface area (Å²) >= 11 is 0. The minimum atomic E-state index is -0.346. The zero-order valence-corrected chi connectivity index (χ0v) is 14.9. The highest BCUT2D eigenvalue weighted by Gasteiger charge is 2.04. The highest BCUT2D eigenvalue weighted by Crippen LogP contribution is 2.24. The molecule has 1 rings (SSSR count). The third kappa shape index (κ3) is 6.55. The molecule has 0 spiro atoms. The molecule has 0 aliphatic carbocycles. The normalized spacial score (nSPS) is 12.6. The molecule has 3 nitrogen and oxygen atoms in total. The molecule has 23 heavy (non-hydrogen) atoms. The summed E-state index contributed by atoms with van der Waals surface area (Å²) in [6.07, 6.45) is 7.20. The van der Waals surface area contributed by atoms with Gasteiger partial charge >= 0.3 is 5.97 Å². The third-order valence-corrected chi connectivity index (χ3v) is 3.34. The number of carbonyl (C=O) groups is 1. The van der Waals surface area contributed by atoms with Crippen LogP contribution in [0.5, 0.6) is 5.75 Å². The summed E-state index contributed by atoms with van der Waals surface area (Å²) in [7, 11) is 1.37. The van der Waals surface area contributed by atoms with Crippen LogP contribution >= 0.6 is 0 Å². The molecule has 0 aliphatic rings. The molecule has 0 heterocycles. The second kappa shape index (κ2) is 8.99. The van der Waals surface area contributed by atoms with Crippen molar-refractivity contribution < 1.29 is 14.3 Å². The lowest BCUT2D eigenvalue weighted by molar-refractivity contribution is -0.134. The first-order valence-corrected chi connectivity index (χ1v) is 7.64. The Labute approximate surface area is 139 Å². The van der Waals surface area contributed by atoms with Crippen molar-refractivity contribution in [2.45, 2.75) is 34.6 Å². The van der Waals surface area contributed by atoms with Crippen LogP contribution in [-0.2, 0) is 9.53 Å². The number of hydrogen-bond acceptors (Lipinski definition) is 3. The first-order valence-electron chi connectivity index (χ1n) is 7.64. The smallest absolute Gasteiger partial charge is 0.330 e. The maximum atomic E-state index is 11.1. The van der Waals surface area contributed by atoms with E-state index in [-0.39, 0.29) is 5.97 Å². The number of esters is 1. The standard InChI is InChI=1S/C20H26O3/c1-14(12-19(21)22-6)8-7-9-15(2)13-23-20-17(4)10-16(3)11-18(20)5/h7-12H,13H2,1-6H3/b8-7+,14-12+,15-9+. The maximum absolute atomic E-state index is 11.1. The van der Waals surface area contributed by atoms with Gasteiger partial charge in [0, 0.05) is 6.08 Å². The minimum absolute atomic E-state index is 0.346. The molecule has 0 amide bonds. The Hall–Kier alpha value is -2.29. The van der Waals surface area contributed by atoms with E-state index in [0.717, 1.165) is 28.0 Å². The summed E-state index contributed by atoms with van der Waals surface area (Å²) in [4.78, 5) is 11.1. The van der Waals surface area contributed by atoms with E-state index in [1.54, 1.807) is 0 Å². The first kappa shape index (κ1) is 18.8. The lowest BCUT2D eigenvalue weighted by Crippen LogP contribution is -2.02. The van der Waals surface area contributed by atoms with Crippen LogP contribution in [0.4, 0.5) is 0 Å². The highest BCUT2D eigenvalue weighted by atomic mass is 16.5. The van der Waals surface area contributed by atoms with Gasteiger partial charge in [-0.25, -0.2) is 4.79 Å². The second-order valence-corrected chi connectivity index (χ2v) is 5.80. The zero-order valence-electron chi connectivity index (χ0n) is 14.9. The number of aryl methyl sites for hydroxylation is 3. The summed E-state index contributed by atoms with van der Waals surface area (Å²) in [5, 5.41) is 0. The van der Waals surface area contributed by atoms with Crippen LogP contribution in [0.2, 0.25) is 0 Å². The zero-order chi connectivity index (χ0) is 17.4. The van der Waals surface area contributed by atoms with Crippen molar-refractivity contribution in [2.24, 2.45) is 0 Å². The average Bonchev–Trinajstić information content (AvgIpc) is 2.45. The molecular weight excluding hydrogens is 288 g/mol. The number of carbonyl (C=O) groups excluding carboxylic acids is 1. The van der Waals surface area contributed by atoms with E-state index in [1.807, 2.05) is 32.1 Å². The monoisotopic (exact) mass is 314 g/mol. The Morgan fingerprint density at radius 1 is 1.13 bits per heavy atom. The molecule has 0 unspecified atom stereocenters. The number of rotatable bonds is 6. The SMILES string of the molecule is COC(=O)/C=C(C)/C=C/C=C(\C)COc1c(C)cc(C)cc1C. The number of hydrogen-bond donors (Lipinski definition) is 0. The van der Waals surface area contributed by atoms with Crippen LogP contribution < -0.4 is 4.74 Å². The molecule has 0 saturated carbocycles. The van der Waals surface area contributed by atoms with Gasteiger partial charge in [0.15, 0.2) is 0 Å². The Balaban J connectivity index is 2.65. The molecule has 0 aliphatic heterocycles. The van der Waals surface area contributed by atoms with E-state index < -0.39 is 0 Å². The minimum Gasteiger partial charge on any atom is -0.489 e. The van der Waals surface area contributed by atoms with Crippen LogP contribution in [0, 0.1) is 20.8 Å². The molecule has 124 valence electrons.